The topological polar surface area (TPSA) is 133 Å². The molecule has 12 heteroatoms. The van der Waals surface area contributed by atoms with E-state index in [1.807, 2.05) is 84.9 Å². The van der Waals surface area contributed by atoms with Crippen LogP contribution in [0.4, 0.5) is 0 Å². The van der Waals surface area contributed by atoms with Gasteiger partial charge in [-0.3, -0.25) is 0 Å². The Hall–Kier alpha value is -5.88. The van der Waals surface area contributed by atoms with Crippen LogP contribution in [0.15, 0.2) is 109 Å². The van der Waals surface area contributed by atoms with Gasteiger partial charge in [0.15, 0.2) is 0 Å². The number of hydrogen-bond acceptors (Lipinski definition) is 9. The molecule has 2 aliphatic heterocycles. The van der Waals surface area contributed by atoms with Crippen molar-refractivity contribution in [1.29, 1.82) is 0 Å². The van der Waals surface area contributed by atoms with Crippen LogP contribution in [0.3, 0.4) is 0 Å². The van der Waals surface area contributed by atoms with E-state index >= 15 is 0 Å². The molecule has 5 heterocycles. The zero-order valence-corrected chi connectivity index (χ0v) is 37.8. The van der Waals surface area contributed by atoms with Gasteiger partial charge in [0.05, 0.1) is 23.3 Å². The Morgan fingerprint density at radius 1 is 0.381 bits per heavy atom. The van der Waals surface area contributed by atoms with E-state index in [1.54, 1.807) is 21.3 Å². The molecule has 0 saturated heterocycles. The molecule has 2 aliphatic rings. The molecule has 3 aromatic heterocycles. The van der Waals surface area contributed by atoms with Gasteiger partial charge in [-0.25, -0.2) is 9.97 Å². The van der Waals surface area contributed by atoms with Gasteiger partial charge in [-0.15, -0.1) is 0 Å². The Morgan fingerprint density at radius 2 is 0.667 bits per heavy atom. The van der Waals surface area contributed by atoms with E-state index in [-0.39, 0.29) is 17.1 Å². The van der Waals surface area contributed by atoms with E-state index in [0.717, 1.165) is 74.4 Å². The van der Waals surface area contributed by atoms with E-state index in [1.165, 1.54) is 38.5 Å². The maximum atomic E-state index is 5.06. The van der Waals surface area contributed by atoms with Crippen LogP contribution in [0.25, 0.3) is 100 Å². The fraction of sp³-hybridized carbons (Fsp3) is 0.294. The molecule has 0 aliphatic carbocycles. The van der Waals surface area contributed by atoms with Gasteiger partial charge in [0.2, 0.25) is 0 Å². The van der Waals surface area contributed by atoms with E-state index in [0.29, 0.717) is 45.9 Å². The molecule has 0 fully saturated rings. The molecule has 0 atom stereocenters. The summed E-state index contributed by atoms with van der Waals surface area (Å²) in [6.45, 7) is 9.20. The SMILES string of the molecule is CCCCOC.CCCCOC.CCCCOC.[Cu+2].c1ccc2c(c1)-c1nc-2nc2[n-]c(nc3nc(nc4[n-]c(n1)c1ccccc41)-c1ccccc1-3)c1cc3ccccc3cc21. The molecule has 0 amide bonds. The number of ether oxygens (including phenoxy) is 3. The zero-order chi connectivity index (χ0) is 43.3. The van der Waals surface area contributed by atoms with Crippen molar-refractivity contribution in [3.05, 3.63) is 109 Å². The first kappa shape index (κ1) is 46.6. The molecular weight excluding hydrogens is 836 g/mol. The van der Waals surface area contributed by atoms with Crippen molar-refractivity contribution in [1.82, 2.24) is 39.9 Å². The number of hydrogen-bond donors (Lipinski definition) is 0. The maximum absolute atomic E-state index is 5.06. The minimum atomic E-state index is 0. The number of benzene rings is 5. The average Bonchev–Trinajstić information content (AvgIpc) is 4.05. The summed E-state index contributed by atoms with van der Waals surface area (Å²) in [6.07, 6.45) is 7.26. The summed E-state index contributed by atoms with van der Waals surface area (Å²) in [5.74, 6) is 2.19. The number of nitrogens with zero attached hydrogens (tertiary/aromatic N) is 8. The first-order valence-corrected chi connectivity index (χ1v) is 21.5. The fourth-order valence-corrected chi connectivity index (χ4v) is 7.06. The van der Waals surface area contributed by atoms with Crippen molar-refractivity contribution >= 4 is 54.9 Å². The van der Waals surface area contributed by atoms with Crippen LogP contribution >= 0.6 is 0 Å². The van der Waals surface area contributed by atoms with Gasteiger partial charge in [-0.2, -0.15) is 0 Å². The van der Waals surface area contributed by atoms with Crippen molar-refractivity contribution < 1.29 is 31.3 Å². The average molecular weight is 891 g/mol. The molecule has 0 saturated carbocycles. The molecule has 11 nitrogen and oxygen atoms in total. The van der Waals surface area contributed by atoms with Crippen molar-refractivity contribution in [2.24, 2.45) is 0 Å². The summed E-state index contributed by atoms with van der Waals surface area (Å²) in [5.41, 5.74) is 5.75. The van der Waals surface area contributed by atoms with Crippen LogP contribution in [0, 0.1) is 0 Å². The third-order valence-corrected chi connectivity index (χ3v) is 10.4. The van der Waals surface area contributed by atoms with Gasteiger partial charge >= 0.3 is 17.1 Å². The minimum absolute atomic E-state index is 0. The predicted octanol–water partition coefficient (Wildman–Crippen LogP) is 11.6. The zero-order valence-electron chi connectivity index (χ0n) is 36.9. The van der Waals surface area contributed by atoms with Crippen LogP contribution in [0.5, 0.6) is 0 Å². The first-order valence-electron chi connectivity index (χ1n) is 21.5. The summed E-state index contributed by atoms with van der Waals surface area (Å²) in [6, 6.07) is 36.5. The number of fused-ring (bicyclic) bond motifs is 21. The third kappa shape index (κ3) is 10.8. The molecule has 0 N–H and O–H groups in total. The molecule has 8 bridgehead atoms. The Labute approximate surface area is 379 Å². The minimum Gasteiger partial charge on any atom is -0.385 e. The third-order valence-electron chi connectivity index (χ3n) is 10.4. The largest absolute Gasteiger partial charge is 2.00 e. The van der Waals surface area contributed by atoms with Gasteiger partial charge < -0.3 is 44.1 Å². The normalized spacial score (nSPS) is 11.0. The number of unbranched alkanes of at least 4 members (excludes halogenated alkanes) is 3. The second kappa shape index (κ2) is 23.0. The first-order chi connectivity index (χ1) is 30.5. The summed E-state index contributed by atoms with van der Waals surface area (Å²) in [5, 5.41) is 5.76. The van der Waals surface area contributed by atoms with Gasteiger partial charge in [0.1, 0.15) is 0 Å². The Kier molecular flexibility index (Phi) is 17.0. The monoisotopic (exact) mass is 889 g/mol. The Bertz CT molecular complexity index is 2720. The van der Waals surface area contributed by atoms with Crippen LogP contribution in [-0.2, 0) is 31.3 Å². The molecule has 0 spiro atoms. The molecule has 0 unspecified atom stereocenters. The van der Waals surface area contributed by atoms with E-state index in [2.05, 4.69) is 45.0 Å². The van der Waals surface area contributed by atoms with Crippen LogP contribution in [0.1, 0.15) is 59.3 Å². The summed E-state index contributed by atoms with van der Waals surface area (Å²) >= 11 is 0. The molecule has 5 aromatic carbocycles. The quantitative estimate of drug-likeness (QED) is 0.101. The maximum Gasteiger partial charge on any atom is 2.00 e. The molecule has 327 valence electrons. The van der Waals surface area contributed by atoms with E-state index in [4.69, 9.17) is 54.1 Å². The van der Waals surface area contributed by atoms with E-state index < -0.39 is 0 Å². The van der Waals surface area contributed by atoms with Crippen molar-refractivity contribution in [3.8, 4) is 45.6 Å². The van der Waals surface area contributed by atoms with Gasteiger partial charge in [0.25, 0.3) is 0 Å². The smallest absolute Gasteiger partial charge is 0.385 e. The predicted molar refractivity (Wildman–Crippen MR) is 252 cm³/mol. The molecule has 63 heavy (non-hydrogen) atoms. The van der Waals surface area contributed by atoms with Crippen molar-refractivity contribution in [3.63, 3.8) is 0 Å². The Morgan fingerprint density at radius 3 is 0.952 bits per heavy atom. The standard InChI is InChI=1S/C36H18N8.3C5H12O.Cu/c1-2-10-20-18-28-27(17-19(20)9-1)35-42-33-25-15-7-5-13-23(25)31(40-33)38-29-21-11-3-4-12-22(21)30(37-29)39-32-24-14-6-8-16-26(24)34(41-32)43-36(28)44-35;3*1-3-4-5-6-2;/h1-18H;3*3-5H2,1-2H3;/q-2;;;;+2. The van der Waals surface area contributed by atoms with Gasteiger partial charge in [-0.1, -0.05) is 137 Å². The number of rotatable bonds is 9. The molecule has 1 radical (unpaired) electrons. The molecule has 8 aromatic rings. The summed E-state index contributed by atoms with van der Waals surface area (Å²) in [7, 11) is 5.20. The molecular formula is C51H54CuN8O3. The van der Waals surface area contributed by atoms with E-state index in [9.17, 15) is 0 Å². The van der Waals surface area contributed by atoms with Crippen molar-refractivity contribution in [2.75, 3.05) is 41.2 Å². The fourth-order valence-electron chi connectivity index (χ4n) is 7.06. The second-order valence-corrected chi connectivity index (χ2v) is 14.9. The van der Waals surface area contributed by atoms with Crippen LogP contribution in [0.2, 0.25) is 0 Å². The number of methoxy groups -OCH3 is 3. The summed E-state index contributed by atoms with van der Waals surface area (Å²) in [4.78, 5) is 39.8. The van der Waals surface area contributed by atoms with Crippen molar-refractivity contribution in [2.45, 2.75) is 59.3 Å². The summed E-state index contributed by atoms with van der Waals surface area (Å²) < 4.78 is 14.3. The number of aromatic nitrogens is 8. The van der Waals surface area contributed by atoms with Gasteiger partial charge in [-0.05, 0) is 63.7 Å². The van der Waals surface area contributed by atoms with Gasteiger partial charge in [0, 0.05) is 86.0 Å². The van der Waals surface area contributed by atoms with Crippen LogP contribution in [-0.4, -0.2) is 71.1 Å². The van der Waals surface area contributed by atoms with Crippen LogP contribution < -0.4 is 9.97 Å². The second-order valence-electron chi connectivity index (χ2n) is 14.9. The molecule has 10 rings (SSSR count). The Balaban J connectivity index is 0.000000297.